The Hall–Kier alpha value is -6.65. The summed E-state index contributed by atoms with van der Waals surface area (Å²) in [7, 11) is 0. The van der Waals surface area contributed by atoms with Crippen LogP contribution in [0.3, 0.4) is 0 Å². The third-order valence-corrected chi connectivity index (χ3v) is 11.1. The Balaban J connectivity index is 1.09. The van der Waals surface area contributed by atoms with Gasteiger partial charge in [-0.1, -0.05) is 129 Å². The van der Waals surface area contributed by atoms with Crippen LogP contribution in [0, 0.1) is 0 Å². The number of nitrogens with zero attached hydrogens (tertiary/aromatic N) is 3. The molecule has 2 aromatic heterocycles. The molecule has 8 aromatic carbocycles. The molecule has 4 heteroatoms. The molecule has 244 valence electrons. The van der Waals surface area contributed by atoms with Crippen molar-refractivity contribution in [2.75, 3.05) is 0 Å². The highest BCUT2D eigenvalue weighted by Crippen LogP contribution is 2.50. The number of aromatic nitrogens is 3. The molecule has 1 aliphatic carbocycles. The van der Waals surface area contributed by atoms with Crippen LogP contribution in [0.4, 0.5) is 0 Å². The van der Waals surface area contributed by atoms with Crippen LogP contribution in [0.2, 0.25) is 0 Å². The molecule has 0 saturated heterocycles. The van der Waals surface area contributed by atoms with Crippen molar-refractivity contribution < 1.29 is 4.42 Å². The predicted octanol–water partition coefficient (Wildman–Crippen LogP) is 12.5. The Bertz CT molecular complexity index is 3100. The van der Waals surface area contributed by atoms with Gasteiger partial charge in [0.25, 0.3) is 0 Å². The van der Waals surface area contributed by atoms with Crippen molar-refractivity contribution in [2.45, 2.75) is 19.3 Å². The number of furan rings is 1. The molecule has 10 aromatic rings. The van der Waals surface area contributed by atoms with Crippen LogP contribution >= 0.6 is 0 Å². The van der Waals surface area contributed by atoms with Gasteiger partial charge in [-0.2, -0.15) is 0 Å². The maximum atomic E-state index is 6.24. The normalized spacial score (nSPS) is 13.3. The number of rotatable bonds is 3. The zero-order valence-electron chi connectivity index (χ0n) is 28.7. The van der Waals surface area contributed by atoms with Gasteiger partial charge in [0.1, 0.15) is 11.2 Å². The minimum absolute atomic E-state index is 0.0676. The maximum Gasteiger partial charge on any atom is 0.164 e. The lowest BCUT2D eigenvalue weighted by atomic mass is 9.81. The fourth-order valence-electron chi connectivity index (χ4n) is 8.44. The second-order valence-corrected chi connectivity index (χ2v) is 14.4. The zero-order chi connectivity index (χ0) is 34.6. The van der Waals surface area contributed by atoms with Crippen LogP contribution in [0.15, 0.2) is 156 Å². The van der Waals surface area contributed by atoms with Crippen molar-refractivity contribution in [3.63, 3.8) is 0 Å². The van der Waals surface area contributed by atoms with E-state index in [1.54, 1.807) is 0 Å². The summed E-state index contributed by atoms with van der Waals surface area (Å²) in [5.41, 5.74) is 9.83. The number of fused-ring (bicyclic) bond motifs is 11. The van der Waals surface area contributed by atoms with E-state index in [1.165, 1.54) is 49.2 Å². The Morgan fingerprint density at radius 3 is 1.83 bits per heavy atom. The lowest BCUT2D eigenvalue weighted by molar-refractivity contribution is 0.661. The van der Waals surface area contributed by atoms with Gasteiger partial charge in [0.2, 0.25) is 0 Å². The van der Waals surface area contributed by atoms with Gasteiger partial charge in [-0.05, 0) is 91.0 Å². The Kier molecular flexibility index (Phi) is 5.98. The van der Waals surface area contributed by atoms with Gasteiger partial charge in [-0.3, -0.25) is 0 Å². The molecular weight excluding hydrogens is 635 g/mol. The highest BCUT2D eigenvalue weighted by molar-refractivity contribution is 6.21. The van der Waals surface area contributed by atoms with Gasteiger partial charge in [-0.25, -0.2) is 15.0 Å². The van der Waals surface area contributed by atoms with Crippen molar-refractivity contribution >= 4 is 54.3 Å². The first-order valence-corrected chi connectivity index (χ1v) is 17.8. The molecule has 0 aliphatic heterocycles. The van der Waals surface area contributed by atoms with Gasteiger partial charge in [0.15, 0.2) is 17.5 Å². The largest absolute Gasteiger partial charge is 0.456 e. The Morgan fingerprint density at radius 2 is 1.02 bits per heavy atom. The van der Waals surface area contributed by atoms with E-state index in [2.05, 4.69) is 111 Å². The van der Waals surface area contributed by atoms with E-state index in [-0.39, 0.29) is 5.41 Å². The van der Waals surface area contributed by atoms with Crippen LogP contribution in [0.5, 0.6) is 0 Å². The minimum atomic E-state index is -0.0676. The molecule has 11 rings (SSSR count). The standard InChI is InChI=1S/C48H31N3O/c1-48(2)40-14-8-6-12-35(40)39-25-31-19-17-28-16-18-30-24-32(20-22-34(30)44(28)38(31)27-41(39)48)46-49-45(29-10-4-3-5-11-29)50-47(51-46)33-21-23-37-36-13-7-9-15-42(36)52-43(37)26-33/h3-27H,1-2H3. The van der Waals surface area contributed by atoms with Crippen LogP contribution in [0.25, 0.3) is 99.5 Å². The summed E-state index contributed by atoms with van der Waals surface area (Å²) < 4.78 is 6.24. The fourth-order valence-corrected chi connectivity index (χ4v) is 8.44. The number of benzene rings is 8. The first-order chi connectivity index (χ1) is 25.5. The summed E-state index contributed by atoms with van der Waals surface area (Å²) in [6, 6.07) is 53.8. The number of hydrogen-bond acceptors (Lipinski definition) is 4. The molecule has 0 radical (unpaired) electrons. The molecule has 0 spiro atoms. The molecule has 0 N–H and O–H groups in total. The molecule has 1 aliphatic rings. The van der Waals surface area contributed by atoms with Gasteiger partial charge >= 0.3 is 0 Å². The summed E-state index contributed by atoms with van der Waals surface area (Å²) >= 11 is 0. The third kappa shape index (κ3) is 4.24. The van der Waals surface area contributed by atoms with Gasteiger partial charge < -0.3 is 4.42 Å². The van der Waals surface area contributed by atoms with E-state index in [0.717, 1.165) is 44.0 Å². The van der Waals surface area contributed by atoms with Crippen molar-refractivity contribution in [2.24, 2.45) is 0 Å². The zero-order valence-corrected chi connectivity index (χ0v) is 28.7. The van der Waals surface area contributed by atoms with Crippen molar-refractivity contribution in [3.05, 3.63) is 163 Å². The van der Waals surface area contributed by atoms with Gasteiger partial charge in [-0.15, -0.1) is 0 Å². The second-order valence-electron chi connectivity index (χ2n) is 14.4. The lowest BCUT2D eigenvalue weighted by Gasteiger charge is -2.22. The summed E-state index contributed by atoms with van der Waals surface area (Å²) in [6.07, 6.45) is 0. The minimum Gasteiger partial charge on any atom is -0.456 e. The molecule has 0 fully saturated rings. The van der Waals surface area contributed by atoms with Crippen molar-refractivity contribution in [1.82, 2.24) is 15.0 Å². The molecule has 52 heavy (non-hydrogen) atoms. The van der Waals surface area contributed by atoms with Crippen LogP contribution in [0.1, 0.15) is 25.0 Å². The summed E-state index contributed by atoms with van der Waals surface area (Å²) in [6.45, 7) is 4.70. The first-order valence-electron chi connectivity index (χ1n) is 17.8. The molecule has 0 amide bonds. The second kappa shape index (κ2) is 10.7. The topological polar surface area (TPSA) is 51.8 Å². The van der Waals surface area contributed by atoms with E-state index < -0.39 is 0 Å². The molecule has 0 atom stereocenters. The van der Waals surface area contributed by atoms with E-state index >= 15 is 0 Å². The monoisotopic (exact) mass is 665 g/mol. The molecule has 0 unspecified atom stereocenters. The SMILES string of the molecule is CC1(C)c2ccccc2-c2cc3ccc4ccc5cc(-c6nc(-c7ccccc7)nc(-c7ccc8c(c7)oc7ccccc78)n6)ccc5c4c3cc21. The van der Waals surface area contributed by atoms with E-state index in [0.29, 0.717) is 17.5 Å². The average molecular weight is 666 g/mol. The quantitative estimate of drug-likeness (QED) is 0.176. The molecule has 4 nitrogen and oxygen atoms in total. The predicted molar refractivity (Wildman–Crippen MR) is 213 cm³/mol. The fraction of sp³-hybridized carbons (Fsp3) is 0.0625. The molecule has 0 saturated carbocycles. The Morgan fingerprint density at radius 1 is 0.404 bits per heavy atom. The summed E-state index contributed by atoms with van der Waals surface area (Å²) in [5, 5.41) is 9.58. The van der Waals surface area contributed by atoms with E-state index in [1.807, 2.05) is 54.6 Å². The molecule has 0 bridgehead atoms. The maximum absolute atomic E-state index is 6.24. The van der Waals surface area contributed by atoms with E-state index in [4.69, 9.17) is 19.4 Å². The highest BCUT2D eigenvalue weighted by Gasteiger charge is 2.35. The summed E-state index contributed by atoms with van der Waals surface area (Å²) in [4.78, 5) is 15.1. The van der Waals surface area contributed by atoms with E-state index in [9.17, 15) is 0 Å². The third-order valence-electron chi connectivity index (χ3n) is 11.1. The van der Waals surface area contributed by atoms with Crippen LogP contribution < -0.4 is 0 Å². The number of para-hydroxylation sites is 1. The highest BCUT2D eigenvalue weighted by atomic mass is 16.3. The van der Waals surface area contributed by atoms with Gasteiger partial charge in [0, 0.05) is 32.9 Å². The first kappa shape index (κ1) is 29.1. The molecular formula is C48H31N3O. The molecule has 2 heterocycles. The van der Waals surface area contributed by atoms with Crippen LogP contribution in [-0.2, 0) is 5.41 Å². The Labute approximate surface area is 300 Å². The smallest absolute Gasteiger partial charge is 0.164 e. The van der Waals surface area contributed by atoms with Gasteiger partial charge in [0.05, 0.1) is 0 Å². The van der Waals surface area contributed by atoms with Crippen molar-refractivity contribution in [3.8, 4) is 45.3 Å². The average Bonchev–Trinajstić information content (AvgIpc) is 3.68. The summed E-state index contributed by atoms with van der Waals surface area (Å²) in [5.74, 6) is 1.87. The number of hydrogen-bond donors (Lipinski definition) is 0. The van der Waals surface area contributed by atoms with Crippen molar-refractivity contribution in [1.29, 1.82) is 0 Å². The van der Waals surface area contributed by atoms with Crippen LogP contribution in [-0.4, -0.2) is 15.0 Å². The lowest BCUT2D eigenvalue weighted by Crippen LogP contribution is -2.14.